The maximum Gasteiger partial charge on any atom is 0.0536 e. The molecule has 17 heavy (non-hydrogen) atoms. The third kappa shape index (κ3) is 3.44. The predicted octanol–water partition coefficient (Wildman–Crippen LogP) is 3.13. The number of unbranched alkanes of at least 4 members (excludes halogenated alkanes) is 1. The van der Waals surface area contributed by atoms with Gasteiger partial charge in [0.15, 0.2) is 0 Å². The highest BCUT2D eigenvalue weighted by Gasteiger charge is 2.19. The van der Waals surface area contributed by atoms with E-state index in [9.17, 15) is 0 Å². The van der Waals surface area contributed by atoms with E-state index in [-0.39, 0.29) is 0 Å². The standard InChI is InChI=1S/C14H20ClNO/c15-14-9-11(3-1-2-7-16)4-5-13(14)12-6-8-17-10-12/h4-5,9,12H,1-3,6-8,10,16H2. The molecule has 3 heteroatoms. The smallest absolute Gasteiger partial charge is 0.0536 e. The molecular weight excluding hydrogens is 234 g/mol. The SMILES string of the molecule is NCCCCc1ccc(C2CCOC2)c(Cl)c1. The minimum atomic E-state index is 0.487. The van der Waals surface area contributed by atoms with E-state index >= 15 is 0 Å². The lowest BCUT2D eigenvalue weighted by Crippen LogP contribution is -2.01. The van der Waals surface area contributed by atoms with Gasteiger partial charge in [0.05, 0.1) is 6.61 Å². The third-order valence-corrected chi connectivity index (χ3v) is 3.68. The number of nitrogens with two attached hydrogens (primary N) is 1. The molecule has 0 bridgehead atoms. The Kier molecular flexibility index (Phi) is 4.84. The summed E-state index contributed by atoms with van der Waals surface area (Å²) in [6, 6.07) is 6.46. The highest BCUT2D eigenvalue weighted by Crippen LogP contribution is 2.31. The highest BCUT2D eigenvalue weighted by atomic mass is 35.5. The monoisotopic (exact) mass is 253 g/mol. The number of rotatable bonds is 5. The molecule has 1 unspecified atom stereocenters. The van der Waals surface area contributed by atoms with Crippen LogP contribution in [0.3, 0.4) is 0 Å². The average Bonchev–Trinajstić information content (AvgIpc) is 2.83. The van der Waals surface area contributed by atoms with Gasteiger partial charge in [-0.25, -0.2) is 0 Å². The van der Waals surface area contributed by atoms with Crippen LogP contribution < -0.4 is 5.73 Å². The Morgan fingerprint density at radius 2 is 2.24 bits per heavy atom. The minimum Gasteiger partial charge on any atom is -0.381 e. The van der Waals surface area contributed by atoms with Crippen molar-refractivity contribution in [2.75, 3.05) is 19.8 Å². The summed E-state index contributed by atoms with van der Waals surface area (Å²) >= 11 is 6.34. The number of ether oxygens (including phenoxy) is 1. The van der Waals surface area contributed by atoms with Crippen molar-refractivity contribution >= 4 is 11.6 Å². The lowest BCUT2D eigenvalue weighted by Gasteiger charge is -2.11. The number of aryl methyl sites for hydroxylation is 1. The molecule has 0 aromatic heterocycles. The van der Waals surface area contributed by atoms with Gasteiger partial charge in [-0.05, 0) is 49.4 Å². The van der Waals surface area contributed by atoms with Crippen molar-refractivity contribution in [3.05, 3.63) is 34.3 Å². The van der Waals surface area contributed by atoms with Crippen LogP contribution in [0.25, 0.3) is 0 Å². The van der Waals surface area contributed by atoms with E-state index in [1.807, 2.05) is 0 Å². The summed E-state index contributed by atoms with van der Waals surface area (Å²) in [5.74, 6) is 0.487. The van der Waals surface area contributed by atoms with Crippen LogP contribution in [0.4, 0.5) is 0 Å². The number of hydrogen-bond donors (Lipinski definition) is 1. The predicted molar refractivity (Wildman–Crippen MR) is 71.6 cm³/mol. The van der Waals surface area contributed by atoms with Crippen molar-refractivity contribution in [2.24, 2.45) is 5.73 Å². The van der Waals surface area contributed by atoms with Gasteiger partial charge in [0.2, 0.25) is 0 Å². The number of benzene rings is 1. The van der Waals surface area contributed by atoms with Gasteiger partial charge >= 0.3 is 0 Å². The van der Waals surface area contributed by atoms with Crippen molar-refractivity contribution in [2.45, 2.75) is 31.6 Å². The molecule has 1 aliphatic rings. The lowest BCUT2D eigenvalue weighted by molar-refractivity contribution is 0.194. The zero-order valence-corrected chi connectivity index (χ0v) is 10.9. The Balaban J connectivity index is 2.00. The summed E-state index contributed by atoms with van der Waals surface area (Å²) in [6.45, 7) is 2.44. The van der Waals surface area contributed by atoms with Crippen molar-refractivity contribution < 1.29 is 4.74 Å². The molecule has 1 heterocycles. The summed E-state index contributed by atoms with van der Waals surface area (Å²) in [5.41, 5.74) is 8.04. The first-order valence-electron chi connectivity index (χ1n) is 6.37. The molecule has 94 valence electrons. The van der Waals surface area contributed by atoms with Crippen LogP contribution in [0.5, 0.6) is 0 Å². The maximum atomic E-state index is 6.34. The van der Waals surface area contributed by atoms with E-state index in [0.29, 0.717) is 5.92 Å². The molecule has 0 radical (unpaired) electrons. The van der Waals surface area contributed by atoms with E-state index in [0.717, 1.165) is 50.5 Å². The molecule has 0 aliphatic carbocycles. The van der Waals surface area contributed by atoms with Crippen LogP contribution in [0.1, 0.15) is 36.3 Å². The first-order chi connectivity index (χ1) is 8.31. The molecule has 2 N–H and O–H groups in total. The summed E-state index contributed by atoms with van der Waals surface area (Å²) < 4.78 is 5.40. The second kappa shape index (κ2) is 6.39. The first kappa shape index (κ1) is 12.9. The fourth-order valence-electron chi connectivity index (χ4n) is 2.31. The Bertz CT molecular complexity index is 361. The van der Waals surface area contributed by atoms with E-state index in [1.165, 1.54) is 11.1 Å². The summed E-state index contributed by atoms with van der Waals surface area (Å²) in [5, 5.41) is 0.894. The van der Waals surface area contributed by atoms with Gasteiger partial charge in [-0.15, -0.1) is 0 Å². The van der Waals surface area contributed by atoms with Crippen molar-refractivity contribution in [3.63, 3.8) is 0 Å². The highest BCUT2D eigenvalue weighted by molar-refractivity contribution is 6.31. The van der Waals surface area contributed by atoms with Gasteiger partial charge in [0.1, 0.15) is 0 Å². The Hall–Kier alpha value is -0.570. The second-order valence-corrected chi connectivity index (χ2v) is 5.07. The fraction of sp³-hybridized carbons (Fsp3) is 0.571. The van der Waals surface area contributed by atoms with Gasteiger partial charge in [0, 0.05) is 17.5 Å². The van der Waals surface area contributed by atoms with Gasteiger partial charge in [-0.3, -0.25) is 0 Å². The van der Waals surface area contributed by atoms with Crippen molar-refractivity contribution in [3.8, 4) is 0 Å². The van der Waals surface area contributed by atoms with Crippen LogP contribution in [-0.4, -0.2) is 19.8 Å². The van der Waals surface area contributed by atoms with Gasteiger partial charge in [-0.1, -0.05) is 23.7 Å². The number of hydrogen-bond acceptors (Lipinski definition) is 2. The molecule has 0 amide bonds. The van der Waals surface area contributed by atoms with Crippen LogP contribution in [0.2, 0.25) is 5.02 Å². The average molecular weight is 254 g/mol. The Morgan fingerprint density at radius 1 is 1.35 bits per heavy atom. The van der Waals surface area contributed by atoms with E-state index in [2.05, 4.69) is 18.2 Å². The molecule has 1 fully saturated rings. The van der Waals surface area contributed by atoms with Crippen LogP contribution in [0, 0.1) is 0 Å². The molecule has 2 rings (SSSR count). The molecule has 1 atom stereocenters. The summed E-state index contributed by atoms with van der Waals surface area (Å²) in [4.78, 5) is 0. The molecule has 0 saturated carbocycles. The lowest BCUT2D eigenvalue weighted by atomic mass is 9.96. The molecule has 0 spiro atoms. The van der Waals surface area contributed by atoms with Gasteiger partial charge < -0.3 is 10.5 Å². The normalized spacial score (nSPS) is 19.8. The first-order valence-corrected chi connectivity index (χ1v) is 6.75. The summed E-state index contributed by atoms with van der Waals surface area (Å²) in [7, 11) is 0. The fourth-order valence-corrected chi connectivity index (χ4v) is 2.67. The van der Waals surface area contributed by atoms with E-state index < -0.39 is 0 Å². The largest absolute Gasteiger partial charge is 0.381 e. The van der Waals surface area contributed by atoms with Gasteiger partial charge in [-0.2, -0.15) is 0 Å². The zero-order valence-electron chi connectivity index (χ0n) is 10.1. The van der Waals surface area contributed by atoms with Crippen LogP contribution in [0.15, 0.2) is 18.2 Å². The molecule has 1 saturated heterocycles. The summed E-state index contributed by atoms with van der Waals surface area (Å²) in [6.07, 6.45) is 4.37. The third-order valence-electron chi connectivity index (χ3n) is 3.35. The molecule has 1 aromatic rings. The van der Waals surface area contributed by atoms with E-state index in [1.54, 1.807) is 0 Å². The topological polar surface area (TPSA) is 35.2 Å². The van der Waals surface area contributed by atoms with Crippen molar-refractivity contribution in [1.82, 2.24) is 0 Å². The van der Waals surface area contributed by atoms with Crippen molar-refractivity contribution in [1.29, 1.82) is 0 Å². The quantitative estimate of drug-likeness (QED) is 0.819. The minimum absolute atomic E-state index is 0.487. The molecular formula is C14H20ClNO. The molecule has 1 aliphatic heterocycles. The van der Waals surface area contributed by atoms with Gasteiger partial charge in [0.25, 0.3) is 0 Å². The molecule has 2 nitrogen and oxygen atoms in total. The molecule has 1 aromatic carbocycles. The van der Waals surface area contributed by atoms with Crippen LogP contribution >= 0.6 is 11.6 Å². The Morgan fingerprint density at radius 3 is 2.88 bits per heavy atom. The Labute approximate surface area is 108 Å². The zero-order chi connectivity index (χ0) is 12.1. The second-order valence-electron chi connectivity index (χ2n) is 4.66. The van der Waals surface area contributed by atoms with E-state index in [4.69, 9.17) is 22.1 Å². The maximum absolute atomic E-state index is 6.34. The number of halogens is 1. The van der Waals surface area contributed by atoms with Crippen LogP contribution in [-0.2, 0) is 11.2 Å².